The lowest BCUT2D eigenvalue weighted by atomic mass is 9.93. The molecule has 1 aliphatic heterocycles. The molecule has 3 aromatic rings. The molecule has 0 saturated carbocycles. The largest absolute Gasteiger partial charge is 0.384 e. The molecule has 1 N–H and O–H groups in total. The lowest BCUT2D eigenvalue weighted by Crippen LogP contribution is -2.30. The molecule has 1 fully saturated rings. The minimum Gasteiger partial charge on any atom is -0.384 e. The Morgan fingerprint density at radius 2 is 1.75 bits per heavy atom. The van der Waals surface area contributed by atoms with E-state index in [1.807, 2.05) is 66.7 Å². The number of nitrogens with zero attached hydrogens (tertiary/aromatic N) is 2. The number of aromatic nitrogens is 1. The van der Waals surface area contributed by atoms with Crippen molar-refractivity contribution in [2.45, 2.75) is 18.6 Å². The van der Waals surface area contributed by atoms with E-state index < -0.39 is 5.60 Å². The summed E-state index contributed by atoms with van der Waals surface area (Å²) in [5, 5.41) is 15.1. The summed E-state index contributed by atoms with van der Waals surface area (Å²) in [4.78, 5) is 2.21. The van der Waals surface area contributed by atoms with E-state index in [4.69, 9.17) is 4.52 Å². The molecule has 0 bridgehead atoms. The molecule has 1 saturated heterocycles. The summed E-state index contributed by atoms with van der Waals surface area (Å²) in [6.07, 6.45) is 0.733. The van der Waals surface area contributed by atoms with Gasteiger partial charge in [0, 0.05) is 24.7 Å². The van der Waals surface area contributed by atoms with Gasteiger partial charge in [0.2, 0.25) is 0 Å². The molecule has 0 radical (unpaired) electrons. The maximum Gasteiger partial charge on any atom is 0.151 e. The monoisotopic (exact) mass is 320 g/mol. The Kier molecular flexibility index (Phi) is 3.92. The van der Waals surface area contributed by atoms with Crippen molar-refractivity contribution in [1.82, 2.24) is 10.1 Å². The van der Waals surface area contributed by atoms with E-state index >= 15 is 0 Å². The fraction of sp³-hybridized carbons (Fsp3) is 0.250. The SMILES string of the molecule is O[C@@]1(c2ccccc2)CCN(Cc2cc(-c3ccccc3)no2)C1. The van der Waals surface area contributed by atoms with Gasteiger partial charge in [-0.15, -0.1) is 0 Å². The highest BCUT2D eigenvalue weighted by atomic mass is 16.5. The Morgan fingerprint density at radius 3 is 2.50 bits per heavy atom. The van der Waals surface area contributed by atoms with Crippen LogP contribution in [0.2, 0.25) is 0 Å². The van der Waals surface area contributed by atoms with Crippen molar-refractivity contribution in [3.63, 3.8) is 0 Å². The summed E-state index contributed by atoms with van der Waals surface area (Å²) in [6, 6.07) is 21.9. The molecule has 0 amide bonds. The maximum atomic E-state index is 10.9. The molecule has 0 unspecified atom stereocenters. The Morgan fingerprint density at radius 1 is 1.04 bits per heavy atom. The van der Waals surface area contributed by atoms with Crippen molar-refractivity contribution < 1.29 is 9.63 Å². The number of β-amino-alcohol motifs (C(OH)–C–C–N with tert-alkyl or cyclic N) is 1. The first-order valence-electron chi connectivity index (χ1n) is 8.24. The zero-order valence-corrected chi connectivity index (χ0v) is 13.4. The highest BCUT2D eigenvalue weighted by molar-refractivity contribution is 5.58. The van der Waals surface area contributed by atoms with Crippen LogP contribution in [0.4, 0.5) is 0 Å². The van der Waals surface area contributed by atoms with Crippen LogP contribution < -0.4 is 0 Å². The molecule has 0 aliphatic carbocycles. The van der Waals surface area contributed by atoms with Gasteiger partial charge in [0.15, 0.2) is 5.76 Å². The van der Waals surface area contributed by atoms with Gasteiger partial charge >= 0.3 is 0 Å². The van der Waals surface area contributed by atoms with Crippen LogP contribution in [0, 0.1) is 0 Å². The van der Waals surface area contributed by atoms with Crippen molar-refractivity contribution in [3.8, 4) is 11.3 Å². The van der Waals surface area contributed by atoms with Gasteiger partial charge in [-0.1, -0.05) is 65.8 Å². The van der Waals surface area contributed by atoms with Crippen LogP contribution in [-0.4, -0.2) is 28.3 Å². The highest BCUT2D eigenvalue weighted by Gasteiger charge is 2.37. The highest BCUT2D eigenvalue weighted by Crippen LogP contribution is 2.32. The van der Waals surface area contributed by atoms with E-state index in [0.717, 1.165) is 35.5 Å². The molecule has 0 spiro atoms. The van der Waals surface area contributed by atoms with Gasteiger partial charge in [-0.05, 0) is 12.0 Å². The zero-order chi connectivity index (χ0) is 16.4. The van der Waals surface area contributed by atoms with Crippen LogP contribution in [-0.2, 0) is 12.1 Å². The van der Waals surface area contributed by atoms with Gasteiger partial charge in [0.25, 0.3) is 0 Å². The van der Waals surface area contributed by atoms with Gasteiger partial charge < -0.3 is 9.63 Å². The molecule has 1 atom stereocenters. The van der Waals surface area contributed by atoms with Gasteiger partial charge in [0.1, 0.15) is 11.3 Å². The smallest absolute Gasteiger partial charge is 0.151 e. The first-order chi connectivity index (χ1) is 11.7. The van der Waals surface area contributed by atoms with E-state index in [2.05, 4.69) is 10.1 Å². The average Bonchev–Trinajstić information content (AvgIpc) is 3.25. The van der Waals surface area contributed by atoms with Gasteiger partial charge in [-0.3, -0.25) is 4.90 Å². The van der Waals surface area contributed by atoms with Crippen molar-refractivity contribution in [1.29, 1.82) is 0 Å². The number of hydrogen-bond acceptors (Lipinski definition) is 4. The van der Waals surface area contributed by atoms with E-state index in [0.29, 0.717) is 13.1 Å². The summed E-state index contributed by atoms with van der Waals surface area (Å²) in [5.74, 6) is 0.825. The molecule has 4 nitrogen and oxygen atoms in total. The summed E-state index contributed by atoms with van der Waals surface area (Å²) in [7, 11) is 0. The summed E-state index contributed by atoms with van der Waals surface area (Å²) < 4.78 is 5.48. The lowest BCUT2D eigenvalue weighted by molar-refractivity contribution is 0.0443. The fourth-order valence-corrected chi connectivity index (χ4v) is 3.34. The molecule has 122 valence electrons. The number of hydrogen-bond donors (Lipinski definition) is 1. The summed E-state index contributed by atoms with van der Waals surface area (Å²) in [5.41, 5.74) is 2.11. The normalized spacial score (nSPS) is 21.2. The van der Waals surface area contributed by atoms with E-state index in [-0.39, 0.29) is 0 Å². The number of likely N-dealkylation sites (tertiary alicyclic amines) is 1. The molecule has 1 aliphatic rings. The molecule has 4 rings (SSSR count). The molecule has 1 aromatic heterocycles. The number of rotatable bonds is 4. The Hall–Kier alpha value is -2.43. The predicted molar refractivity (Wildman–Crippen MR) is 92.2 cm³/mol. The molecule has 24 heavy (non-hydrogen) atoms. The van der Waals surface area contributed by atoms with Crippen LogP contribution in [0.1, 0.15) is 17.7 Å². The van der Waals surface area contributed by atoms with Crippen molar-refractivity contribution >= 4 is 0 Å². The zero-order valence-electron chi connectivity index (χ0n) is 13.4. The fourth-order valence-electron chi connectivity index (χ4n) is 3.34. The third-order valence-corrected chi connectivity index (χ3v) is 4.65. The number of aliphatic hydroxyl groups is 1. The molecule has 2 heterocycles. The van der Waals surface area contributed by atoms with Gasteiger partial charge in [-0.2, -0.15) is 0 Å². The van der Waals surface area contributed by atoms with Crippen LogP contribution in [0.25, 0.3) is 11.3 Å². The van der Waals surface area contributed by atoms with Crippen LogP contribution >= 0.6 is 0 Å². The van der Waals surface area contributed by atoms with E-state index in [9.17, 15) is 5.11 Å². The lowest BCUT2D eigenvalue weighted by Gasteiger charge is -2.23. The van der Waals surface area contributed by atoms with E-state index in [1.54, 1.807) is 0 Å². The summed E-state index contributed by atoms with van der Waals surface area (Å²) >= 11 is 0. The second-order valence-corrected chi connectivity index (χ2v) is 6.40. The first kappa shape index (κ1) is 15.1. The van der Waals surface area contributed by atoms with Crippen molar-refractivity contribution in [2.75, 3.05) is 13.1 Å². The average molecular weight is 320 g/mol. The minimum absolute atomic E-state index is 0.610. The van der Waals surface area contributed by atoms with Crippen LogP contribution in [0.5, 0.6) is 0 Å². The third-order valence-electron chi connectivity index (χ3n) is 4.65. The number of benzene rings is 2. The minimum atomic E-state index is -0.774. The topological polar surface area (TPSA) is 49.5 Å². The van der Waals surface area contributed by atoms with Crippen LogP contribution in [0.15, 0.2) is 71.3 Å². The Bertz CT molecular complexity index is 801. The maximum absolute atomic E-state index is 10.9. The second kappa shape index (κ2) is 6.23. The first-order valence-corrected chi connectivity index (χ1v) is 8.24. The van der Waals surface area contributed by atoms with E-state index in [1.165, 1.54) is 0 Å². The second-order valence-electron chi connectivity index (χ2n) is 6.40. The molecular weight excluding hydrogens is 300 g/mol. The Labute approximate surface area is 141 Å². The van der Waals surface area contributed by atoms with Crippen molar-refractivity contribution in [2.24, 2.45) is 0 Å². The molecular formula is C20H20N2O2. The standard InChI is InChI=1S/C20H20N2O2/c23-20(17-9-5-2-6-10-17)11-12-22(15-20)14-18-13-19(21-24-18)16-7-3-1-4-8-16/h1-10,13,23H,11-12,14-15H2/t20-/m0/s1. The third kappa shape index (κ3) is 2.98. The molecule has 2 aromatic carbocycles. The van der Waals surface area contributed by atoms with Gasteiger partial charge in [-0.25, -0.2) is 0 Å². The van der Waals surface area contributed by atoms with Crippen molar-refractivity contribution in [3.05, 3.63) is 78.1 Å². The summed E-state index contributed by atoms with van der Waals surface area (Å²) in [6.45, 7) is 2.11. The Balaban J connectivity index is 1.45. The quantitative estimate of drug-likeness (QED) is 0.800. The predicted octanol–water partition coefficient (Wildman–Crippen LogP) is 3.44. The van der Waals surface area contributed by atoms with Crippen LogP contribution in [0.3, 0.4) is 0 Å². The molecule has 4 heteroatoms. The van der Waals surface area contributed by atoms with Gasteiger partial charge in [0.05, 0.1) is 6.54 Å².